The monoisotopic (exact) mass is 510 g/mol. The van der Waals surface area contributed by atoms with Gasteiger partial charge in [-0.1, -0.05) is 48.9 Å². The van der Waals surface area contributed by atoms with Crippen LogP contribution in [0.25, 0.3) is 0 Å². The third-order valence-corrected chi connectivity index (χ3v) is 7.94. The van der Waals surface area contributed by atoms with Crippen molar-refractivity contribution in [1.29, 1.82) is 0 Å². The number of hydrogen-bond donors (Lipinski definition) is 2. The van der Waals surface area contributed by atoms with Gasteiger partial charge < -0.3 is 15.2 Å². The van der Waals surface area contributed by atoms with Crippen LogP contribution in [0.5, 0.6) is 0 Å². The fourth-order valence-corrected chi connectivity index (χ4v) is 6.48. The summed E-state index contributed by atoms with van der Waals surface area (Å²) in [5.41, 5.74) is -0.245. The molecule has 2 fully saturated rings. The van der Waals surface area contributed by atoms with Crippen molar-refractivity contribution in [3.63, 3.8) is 0 Å². The van der Waals surface area contributed by atoms with Gasteiger partial charge in [0.25, 0.3) is 0 Å². The van der Waals surface area contributed by atoms with E-state index in [2.05, 4.69) is 22.3 Å². The minimum atomic E-state index is -1.31. The number of carboxylic acid groups (broad SMARTS) is 1. The molecule has 0 bridgehead atoms. The molecule has 1 saturated heterocycles. The number of halogens is 1. The normalized spacial score (nSPS) is 22.8. The van der Waals surface area contributed by atoms with E-state index in [1.54, 1.807) is 32.9 Å². The molecule has 2 aromatic rings. The first kappa shape index (κ1) is 27.1. The van der Waals surface area contributed by atoms with Crippen LogP contribution in [-0.2, 0) is 21.5 Å². The number of hydrogen-bond acceptors (Lipinski definition) is 4. The van der Waals surface area contributed by atoms with Gasteiger partial charge in [0, 0.05) is 12.6 Å². The van der Waals surface area contributed by atoms with E-state index in [1.807, 2.05) is 18.2 Å². The third-order valence-electron chi connectivity index (χ3n) is 7.94. The highest BCUT2D eigenvalue weighted by Gasteiger charge is 2.57. The molecule has 6 nitrogen and oxygen atoms in total. The van der Waals surface area contributed by atoms with Gasteiger partial charge in [-0.3, -0.25) is 9.69 Å². The number of rotatable bonds is 7. The van der Waals surface area contributed by atoms with Gasteiger partial charge in [0.15, 0.2) is 0 Å². The number of nitrogens with zero attached hydrogens (tertiary/aromatic N) is 1. The standard InChI is InChI=1S/C30H39FN2O4/c1-29(2,3)37-28(36)32-26-14-8-13-25(26)30(27(34)35,23-11-7-12-24(31)19-23)22-15-17-33(18-16-22)20-21-9-5-4-6-10-21/h4-7,9-12,19,22,25-26H,8,13-18,20H2,1-3H3,(H,32,36)(H,34,35)/t25-,26-,30+/m0/s1. The lowest BCUT2D eigenvalue weighted by Gasteiger charge is -2.47. The van der Waals surface area contributed by atoms with E-state index < -0.39 is 28.9 Å². The minimum absolute atomic E-state index is 0.190. The second kappa shape index (κ2) is 11.2. The second-order valence-corrected chi connectivity index (χ2v) is 11.5. The van der Waals surface area contributed by atoms with Gasteiger partial charge in [0.2, 0.25) is 0 Å². The van der Waals surface area contributed by atoms with Crippen molar-refractivity contribution in [1.82, 2.24) is 10.2 Å². The molecule has 7 heteroatoms. The average Bonchev–Trinajstić information content (AvgIpc) is 3.28. The number of aliphatic carboxylic acids is 1. The third kappa shape index (κ3) is 6.15. The summed E-state index contributed by atoms with van der Waals surface area (Å²) < 4.78 is 20.0. The lowest BCUT2D eigenvalue weighted by Crippen LogP contribution is -2.57. The molecule has 1 heterocycles. The van der Waals surface area contributed by atoms with Gasteiger partial charge >= 0.3 is 12.1 Å². The van der Waals surface area contributed by atoms with Crippen LogP contribution in [0.2, 0.25) is 0 Å². The van der Waals surface area contributed by atoms with E-state index in [0.717, 1.165) is 26.1 Å². The molecule has 0 aromatic heterocycles. The Bertz CT molecular complexity index is 1080. The Morgan fingerprint density at radius 2 is 1.73 bits per heavy atom. The SMILES string of the molecule is CC(C)(C)OC(=O)N[C@H]1CCC[C@@H]1[C@](C(=O)O)(c1cccc(F)c1)C1CCN(Cc2ccccc2)CC1. The van der Waals surface area contributed by atoms with Crippen LogP contribution in [-0.4, -0.2) is 46.8 Å². The van der Waals surface area contributed by atoms with E-state index in [0.29, 0.717) is 31.2 Å². The predicted octanol–water partition coefficient (Wildman–Crippen LogP) is 5.75. The van der Waals surface area contributed by atoms with Crippen molar-refractivity contribution in [3.8, 4) is 0 Å². The van der Waals surface area contributed by atoms with Crippen LogP contribution >= 0.6 is 0 Å². The Hall–Kier alpha value is -2.93. The fourth-order valence-electron chi connectivity index (χ4n) is 6.48. The molecule has 37 heavy (non-hydrogen) atoms. The second-order valence-electron chi connectivity index (χ2n) is 11.5. The molecule has 0 radical (unpaired) electrons. The van der Waals surface area contributed by atoms with E-state index in [4.69, 9.17) is 4.74 Å². The number of benzene rings is 2. The number of piperidine rings is 1. The Morgan fingerprint density at radius 3 is 2.35 bits per heavy atom. The summed E-state index contributed by atoms with van der Waals surface area (Å²) in [7, 11) is 0. The molecule has 1 aliphatic carbocycles. The molecule has 3 atom stereocenters. The molecule has 4 rings (SSSR count). The molecule has 2 aromatic carbocycles. The predicted molar refractivity (Wildman–Crippen MR) is 141 cm³/mol. The zero-order chi connectivity index (χ0) is 26.6. The summed E-state index contributed by atoms with van der Waals surface area (Å²) in [4.78, 5) is 28.4. The van der Waals surface area contributed by atoms with E-state index in [9.17, 15) is 19.1 Å². The lowest BCUT2D eigenvalue weighted by atomic mass is 9.58. The van der Waals surface area contributed by atoms with Crippen molar-refractivity contribution in [2.45, 2.75) is 76.5 Å². The van der Waals surface area contributed by atoms with Crippen molar-refractivity contribution in [3.05, 3.63) is 71.5 Å². The van der Waals surface area contributed by atoms with Crippen molar-refractivity contribution in [2.75, 3.05) is 13.1 Å². The molecule has 0 unspecified atom stereocenters. The maximum absolute atomic E-state index is 14.5. The highest BCUT2D eigenvalue weighted by Crippen LogP contribution is 2.51. The van der Waals surface area contributed by atoms with Crippen LogP contribution < -0.4 is 5.32 Å². The molecule has 1 aliphatic heterocycles. The number of carbonyl (C=O) groups excluding carboxylic acids is 1. The number of ether oxygens (including phenoxy) is 1. The van der Waals surface area contributed by atoms with Gasteiger partial charge in [0.05, 0.1) is 0 Å². The Kier molecular flexibility index (Phi) is 8.22. The Balaban J connectivity index is 1.63. The first-order valence-electron chi connectivity index (χ1n) is 13.3. The maximum Gasteiger partial charge on any atom is 0.407 e. The number of nitrogens with one attached hydrogen (secondary N) is 1. The largest absolute Gasteiger partial charge is 0.481 e. The van der Waals surface area contributed by atoms with Crippen LogP contribution in [0.3, 0.4) is 0 Å². The molecule has 200 valence electrons. The van der Waals surface area contributed by atoms with E-state index in [-0.39, 0.29) is 17.9 Å². The van der Waals surface area contributed by atoms with Crippen LogP contribution in [0.4, 0.5) is 9.18 Å². The topological polar surface area (TPSA) is 78.9 Å². The van der Waals surface area contributed by atoms with Crippen molar-refractivity contribution in [2.24, 2.45) is 11.8 Å². The van der Waals surface area contributed by atoms with Gasteiger partial charge in [0.1, 0.15) is 16.8 Å². The highest BCUT2D eigenvalue weighted by atomic mass is 19.1. The molecular formula is C30H39FN2O4. The van der Waals surface area contributed by atoms with Gasteiger partial charge in [-0.15, -0.1) is 0 Å². The summed E-state index contributed by atoms with van der Waals surface area (Å²) >= 11 is 0. The quantitative estimate of drug-likeness (QED) is 0.496. The highest BCUT2D eigenvalue weighted by molar-refractivity contribution is 5.83. The molecule has 1 amide bonds. The average molecular weight is 511 g/mol. The van der Waals surface area contributed by atoms with Crippen LogP contribution in [0.1, 0.15) is 64.0 Å². The smallest absolute Gasteiger partial charge is 0.407 e. The van der Waals surface area contributed by atoms with Gasteiger partial charge in [-0.25, -0.2) is 9.18 Å². The minimum Gasteiger partial charge on any atom is -0.481 e. The van der Waals surface area contributed by atoms with Gasteiger partial charge in [-0.2, -0.15) is 0 Å². The lowest BCUT2D eigenvalue weighted by molar-refractivity contribution is -0.151. The number of amides is 1. The number of carboxylic acids is 1. The first-order chi connectivity index (χ1) is 17.6. The zero-order valence-electron chi connectivity index (χ0n) is 22.1. The summed E-state index contributed by atoms with van der Waals surface area (Å²) in [6.45, 7) is 7.75. The molecule has 2 aliphatic rings. The maximum atomic E-state index is 14.5. The molecule has 1 saturated carbocycles. The zero-order valence-corrected chi connectivity index (χ0v) is 22.1. The molecule has 0 spiro atoms. The van der Waals surface area contributed by atoms with E-state index in [1.165, 1.54) is 17.7 Å². The van der Waals surface area contributed by atoms with E-state index >= 15 is 0 Å². The van der Waals surface area contributed by atoms with Crippen LogP contribution in [0, 0.1) is 17.7 Å². The van der Waals surface area contributed by atoms with Gasteiger partial charge in [-0.05, 0) is 94.6 Å². The fraction of sp³-hybridized carbons (Fsp3) is 0.533. The Labute approximate surface area is 219 Å². The number of alkyl carbamates (subject to hydrolysis) is 1. The number of likely N-dealkylation sites (tertiary alicyclic amines) is 1. The summed E-state index contributed by atoms with van der Waals surface area (Å²) in [5.74, 6) is -1.95. The van der Waals surface area contributed by atoms with Crippen molar-refractivity contribution < 1.29 is 23.8 Å². The molecule has 2 N–H and O–H groups in total. The summed E-state index contributed by atoms with van der Waals surface area (Å²) in [5, 5.41) is 13.9. The summed E-state index contributed by atoms with van der Waals surface area (Å²) in [6, 6.07) is 16.0. The first-order valence-corrected chi connectivity index (χ1v) is 13.3. The van der Waals surface area contributed by atoms with Crippen LogP contribution in [0.15, 0.2) is 54.6 Å². The Morgan fingerprint density at radius 1 is 1.03 bits per heavy atom. The number of carbonyl (C=O) groups is 2. The summed E-state index contributed by atoms with van der Waals surface area (Å²) in [6.07, 6.45) is 2.94. The van der Waals surface area contributed by atoms with Crippen molar-refractivity contribution >= 4 is 12.1 Å². The molecular weight excluding hydrogens is 471 g/mol.